The van der Waals surface area contributed by atoms with Gasteiger partial charge in [-0.2, -0.15) is 5.10 Å². The molecule has 0 bridgehead atoms. The zero-order valence-electron chi connectivity index (χ0n) is 22.6. The van der Waals surface area contributed by atoms with Gasteiger partial charge in [-0.15, -0.1) is 0 Å². The summed E-state index contributed by atoms with van der Waals surface area (Å²) in [4.78, 5) is 30.5. The molecular formula is C30H36N4O4. The SMILES string of the molecule is CCCOc1ccc(C2/C(=C(\O)c3cnn(-c4ccccc4)c3C)C(=O)C(=O)N2CCN(CC)CC)cc1. The second-order valence-electron chi connectivity index (χ2n) is 9.33. The molecule has 2 heterocycles. The van der Waals surface area contributed by atoms with Crippen molar-refractivity contribution in [3.05, 3.63) is 83.2 Å². The predicted molar refractivity (Wildman–Crippen MR) is 147 cm³/mol. The van der Waals surface area contributed by atoms with Gasteiger partial charge in [0, 0.05) is 13.1 Å². The van der Waals surface area contributed by atoms with Gasteiger partial charge in [0.05, 0.1) is 41.4 Å². The number of likely N-dealkylation sites (N-methyl/N-ethyl adjacent to an activating group) is 1. The molecule has 1 saturated heterocycles. The third-order valence-corrected chi connectivity index (χ3v) is 7.03. The van der Waals surface area contributed by atoms with Crippen LogP contribution in [-0.4, -0.2) is 69.2 Å². The zero-order chi connectivity index (χ0) is 27.2. The van der Waals surface area contributed by atoms with E-state index >= 15 is 0 Å². The first-order chi connectivity index (χ1) is 18.4. The van der Waals surface area contributed by atoms with Crippen LogP contribution in [0.2, 0.25) is 0 Å². The van der Waals surface area contributed by atoms with E-state index in [1.165, 1.54) is 0 Å². The number of ether oxygens (including phenoxy) is 1. The highest BCUT2D eigenvalue weighted by Gasteiger charge is 2.46. The number of carbonyl (C=O) groups is 2. The van der Waals surface area contributed by atoms with Crippen LogP contribution in [0.1, 0.15) is 50.1 Å². The number of ketones is 1. The topological polar surface area (TPSA) is 87.9 Å². The Hall–Kier alpha value is -3.91. The Kier molecular flexibility index (Phi) is 8.63. The van der Waals surface area contributed by atoms with Gasteiger partial charge in [-0.3, -0.25) is 9.59 Å². The molecule has 200 valence electrons. The van der Waals surface area contributed by atoms with Crippen LogP contribution < -0.4 is 4.74 Å². The first-order valence-corrected chi connectivity index (χ1v) is 13.2. The highest BCUT2D eigenvalue weighted by molar-refractivity contribution is 6.46. The summed E-state index contributed by atoms with van der Waals surface area (Å²) in [6.07, 6.45) is 2.43. The molecule has 1 unspecified atom stereocenters. The van der Waals surface area contributed by atoms with Gasteiger partial charge in [-0.25, -0.2) is 4.68 Å². The summed E-state index contributed by atoms with van der Waals surface area (Å²) in [5.74, 6) is -0.798. The number of nitrogens with zero attached hydrogens (tertiary/aromatic N) is 4. The van der Waals surface area contributed by atoms with Crippen LogP contribution >= 0.6 is 0 Å². The Morgan fingerprint density at radius 3 is 2.34 bits per heavy atom. The summed E-state index contributed by atoms with van der Waals surface area (Å²) in [5.41, 5.74) is 2.74. The fraction of sp³-hybridized carbons (Fsp3) is 0.367. The van der Waals surface area contributed by atoms with Crippen molar-refractivity contribution >= 4 is 17.4 Å². The Morgan fingerprint density at radius 1 is 1.03 bits per heavy atom. The molecule has 0 aliphatic carbocycles. The lowest BCUT2D eigenvalue weighted by Gasteiger charge is -2.28. The van der Waals surface area contributed by atoms with Gasteiger partial charge in [0.15, 0.2) is 0 Å². The average Bonchev–Trinajstić information content (AvgIpc) is 3.45. The number of aromatic nitrogens is 2. The van der Waals surface area contributed by atoms with E-state index in [0.29, 0.717) is 31.0 Å². The number of amides is 1. The number of para-hydroxylation sites is 1. The molecule has 0 spiro atoms. The minimum atomic E-state index is -0.717. The van der Waals surface area contributed by atoms with Gasteiger partial charge < -0.3 is 19.6 Å². The quantitative estimate of drug-likeness (QED) is 0.225. The Morgan fingerprint density at radius 2 is 1.71 bits per heavy atom. The fourth-order valence-electron chi connectivity index (χ4n) is 4.83. The molecule has 4 rings (SSSR count). The molecule has 2 aromatic carbocycles. The largest absolute Gasteiger partial charge is 0.507 e. The highest BCUT2D eigenvalue weighted by atomic mass is 16.5. The van der Waals surface area contributed by atoms with E-state index < -0.39 is 17.7 Å². The van der Waals surface area contributed by atoms with E-state index in [1.807, 2.05) is 68.4 Å². The van der Waals surface area contributed by atoms with Crippen LogP contribution in [0.3, 0.4) is 0 Å². The minimum Gasteiger partial charge on any atom is -0.507 e. The zero-order valence-corrected chi connectivity index (χ0v) is 22.6. The molecule has 38 heavy (non-hydrogen) atoms. The lowest BCUT2D eigenvalue weighted by molar-refractivity contribution is -0.140. The maximum absolute atomic E-state index is 13.4. The number of Topliss-reactive ketones (excluding diaryl/α,β-unsaturated/α-hetero) is 1. The summed E-state index contributed by atoms with van der Waals surface area (Å²) >= 11 is 0. The van der Waals surface area contributed by atoms with E-state index in [4.69, 9.17) is 4.74 Å². The van der Waals surface area contributed by atoms with Crippen LogP contribution in [0.5, 0.6) is 5.75 Å². The third-order valence-electron chi connectivity index (χ3n) is 7.03. The van der Waals surface area contributed by atoms with E-state index in [-0.39, 0.29) is 11.3 Å². The lowest BCUT2D eigenvalue weighted by atomic mass is 9.95. The van der Waals surface area contributed by atoms with Crippen LogP contribution in [0.15, 0.2) is 66.4 Å². The van der Waals surface area contributed by atoms with Gasteiger partial charge in [-0.05, 0) is 56.3 Å². The number of aliphatic hydroxyl groups is 1. The van der Waals surface area contributed by atoms with E-state index in [9.17, 15) is 14.7 Å². The molecule has 1 aliphatic rings. The summed E-state index contributed by atoms with van der Waals surface area (Å²) in [6.45, 7) is 11.3. The molecule has 1 amide bonds. The van der Waals surface area contributed by atoms with E-state index in [0.717, 1.165) is 36.5 Å². The van der Waals surface area contributed by atoms with Crippen molar-refractivity contribution in [1.29, 1.82) is 0 Å². The number of hydrogen-bond donors (Lipinski definition) is 1. The van der Waals surface area contributed by atoms with Gasteiger partial charge in [0.1, 0.15) is 11.5 Å². The van der Waals surface area contributed by atoms with E-state index in [1.54, 1.807) is 15.8 Å². The molecule has 1 fully saturated rings. The summed E-state index contributed by atoms with van der Waals surface area (Å²) < 4.78 is 7.44. The number of aliphatic hydroxyl groups excluding tert-OH is 1. The Labute approximate surface area is 224 Å². The van der Waals surface area contributed by atoms with Crippen molar-refractivity contribution in [3.63, 3.8) is 0 Å². The Balaban J connectivity index is 1.78. The highest BCUT2D eigenvalue weighted by Crippen LogP contribution is 2.40. The molecule has 1 N–H and O–H groups in total. The van der Waals surface area contributed by atoms with Crippen LogP contribution in [0.4, 0.5) is 0 Å². The number of likely N-dealkylation sites (tertiary alicyclic amines) is 1. The monoisotopic (exact) mass is 516 g/mol. The minimum absolute atomic E-state index is 0.0764. The molecule has 8 heteroatoms. The first kappa shape index (κ1) is 27.1. The molecule has 8 nitrogen and oxygen atoms in total. The maximum atomic E-state index is 13.4. The molecule has 1 aliphatic heterocycles. The van der Waals surface area contributed by atoms with Gasteiger partial charge in [-0.1, -0.05) is 51.1 Å². The van der Waals surface area contributed by atoms with Crippen molar-refractivity contribution in [2.45, 2.75) is 40.2 Å². The Bertz CT molecular complexity index is 1290. The molecule has 1 aromatic heterocycles. The van der Waals surface area contributed by atoms with E-state index in [2.05, 4.69) is 23.8 Å². The van der Waals surface area contributed by atoms with Crippen LogP contribution in [-0.2, 0) is 9.59 Å². The molecule has 0 saturated carbocycles. The van der Waals surface area contributed by atoms with Crippen LogP contribution in [0.25, 0.3) is 11.4 Å². The predicted octanol–water partition coefficient (Wildman–Crippen LogP) is 4.73. The van der Waals surface area contributed by atoms with Crippen LogP contribution in [0, 0.1) is 6.92 Å². The number of carbonyl (C=O) groups excluding carboxylic acids is 2. The van der Waals surface area contributed by atoms with Crippen molar-refractivity contribution in [2.75, 3.05) is 32.8 Å². The van der Waals surface area contributed by atoms with Crippen molar-refractivity contribution in [3.8, 4) is 11.4 Å². The van der Waals surface area contributed by atoms with Gasteiger partial charge in [0.25, 0.3) is 11.7 Å². The first-order valence-electron chi connectivity index (χ1n) is 13.2. The standard InChI is InChI=1S/C30H36N4O4/c1-5-19-38-24-15-13-22(14-16-24)27-26(29(36)30(37)33(27)18-17-32(6-2)7-3)28(35)25-20-31-34(21(25)4)23-11-9-8-10-12-23/h8-16,20,27,35H,5-7,17-19H2,1-4H3/b28-26+. The molecule has 3 aromatic rings. The number of benzene rings is 2. The fourth-order valence-corrected chi connectivity index (χ4v) is 4.83. The number of rotatable bonds is 11. The van der Waals surface area contributed by atoms with Gasteiger partial charge in [0.2, 0.25) is 0 Å². The smallest absolute Gasteiger partial charge is 0.295 e. The average molecular weight is 517 g/mol. The summed E-state index contributed by atoms with van der Waals surface area (Å²) in [5, 5.41) is 16.0. The normalized spacial score (nSPS) is 17.0. The second kappa shape index (κ2) is 12.1. The second-order valence-corrected chi connectivity index (χ2v) is 9.33. The van der Waals surface area contributed by atoms with Crippen molar-refractivity contribution < 1.29 is 19.4 Å². The molecule has 0 radical (unpaired) electrons. The summed E-state index contributed by atoms with van der Waals surface area (Å²) in [6, 6.07) is 16.3. The number of hydrogen-bond acceptors (Lipinski definition) is 6. The molecule has 1 atom stereocenters. The third kappa shape index (κ3) is 5.36. The molecular weight excluding hydrogens is 480 g/mol. The summed E-state index contributed by atoms with van der Waals surface area (Å²) in [7, 11) is 0. The van der Waals surface area contributed by atoms with Crippen molar-refractivity contribution in [2.24, 2.45) is 0 Å². The van der Waals surface area contributed by atoms with Gasteiger partial charge >= 0.3 is 0 Å². The lowest BCUT2D eigenvalue weighted by Crippen LogP contribution is -2.38. The van der Waals surface area contributed by atoms with Crippen molar-refractivity contribution in [1.82, 2.24) is 19.6 Å². The maximum Gasteiger partial charge on any atom is 0.295 e.